The summed E-state index contributed by atoms with van der Waals surface area (Å²) in [5.74, 6) is -0.629. The zero-order valence-electron chi connectivity index (χ0n) is 11.3. The van der Waals surface area contributed by atoms with Gasteiger partial charge < -0.3 is 9.47 Å². The molecule has 0 bridgehead atoms. The van der Waals surface area contributed by atoms with E-state index in [1.165, 1.54) is 14.0 Å². The van der Waals surface area contributed by atoms with E-state index >= 15 is 0 Å². The summed E-state index contributed by atoms with van der Waals surface area (Å²) in [6, 6.07) is 0.802. The molecule has 0 amide bonds. The van der Waals surface area contributed by atoms with E-state index in [4.69, 9.17) is 10.3 Å². The molecule has 0 saturated heterocycles. The van der Waals surface area contributed by atoms with Crippen LogP contribution in [0.2, 0.25) is 0 Å². The topological polar surface area (TPSA) is 118 Å². The van der Waals surface area contributed by atoms with Crippen LogP contribution in [0.3, 0.4) is 0 Å². The predicted molar refractivity (Wildman–Crippen MR) is 74.6 cm³/mol. The van der Waals surface area contributed by atoms with Crippen LogP contribution in [0.25, 0.3) is 10.4 Å². The van der Waals surface area contributed by atoms with Gasteiger partial charge >= 0.3 is 5.97 Å². The molecule has 1 aromatic rings. The van der Waals surface area contributed by atoms with E-state index in [-0.39, 0.29) is 4.21 Å². The number of sulfone groups is 1. The first-order valence-corrected chi connectivity index (χ1v) is 8.40. The van der Waals surface area contributed by atoms with Crippen molar-refractivity contribution < 1.29 is 22.7 Å². The lowest BCUT2D eigenvalue weighted by Gasteiger charge is -2.33. The van der Waals surface area contributed by atoms with Gasteiger partial charge in [0, 0.05) is 4.91 Å². The minimum Gasteiger partial charge on any atom is -0.467 e. The molecule has 0 aliphatic carbocycles. The summed E-state index contributed by atoms with van der Waals surface area (Å²) in [7, 11) is -2.37. The highest BCUT2D eigenvalue weighted by atomic mass is 32.2. The van der Waals surface area contributed by atoms with Crippen molar-refractivity contribution in [3.8, 4) is 0 Å². The third kappa shape index (κ3) is 2.75. The maximum absolute atomic E-state index is 12.4. The van der Waals surface area contributed by atoms with Crippen LogP contribution in [-0.2, 0) is 24.1 Å². The molecule has 114 valence electrons. The molecule has 10 heteroatoms. The predicted octanol–water partition coefficient (Wildman–Crippen LogP) is 1.83. The molecule has 1 aromatic heterocycles. The summed E-state index contributed by atoms with van der Waals surface area (Å²) in [6.45, 7) is 1.07. The van der Waals surface area contributed by atoms with Gasteiger partial charge in [0.05, 0.1) is 24.5 Å². The third-order valence-electron chi connectivity index (χ3n) is 3.30. The van der Waals surface area contributed by atoms with Crippen molar-refractivity contribution in [1.82, 2.24) is 0 Å². The molecule has 0 fully saturated rings. The molecule has 2 heterocycles. The van der Waals surface area contributed by atoms with Crippen molar-refractivity contribution in [3.05, 3.63) is 27.5 Å². The van der Waals surface area contributed by atoms with Crippen molar-refractivity contribution in [2.24, 2.45) is 5.11 Å². The highest BCUT2D eigenvalue weighted by Gasteiger charge is 2.45. The highest BCUT2D eigenvalue weighted by Crippen LogP contribution is 2.42. The van der Waals surface area contributed by atoms with E-state index < -0.39 is 39.8 Å². The van der Waals surface area contributed by atoms with Crippen LogP contribution < -0.4 is 0 Å². The minimum atomic E-state index is -3.57. The lowest BCUT2D eigenvalue weighted by molar-refractivity contribution is -0.148. The Morgan fingerprint density at radius 2 is 2.29 bits per heavy atom. The number of carbonyl (C=O) groups is 1. The summed E-state index contributed by atoms with van der Waals surface area (Å²) in [5.41, 5.74) is 9.11. The number of rotatable bonds is 4. The van der Waals surface area contributed by atoms with E-state index in [1.54, 1.807) is 11.4 Å². The van der Waals surface area contributed by atoms with Crippen molar-refractivity contribution in [2.75, 3.05) is 13.7 Å². The molecular formula is C11H13N3O5S2. The molecule has 0 N–H and O–H groups in total. The normalized spacial score (nSPS) is 26.5. The fourth-order valence-corrected chi connectivity index (χ4v) is 5.43. The van der Waals surface area contributed by atoms with Crippen molar-refractivity contribution >= 4 is 27.1 Å². The van der Waals surface area contributed by atoms with Gasteiger partial charge in [0.1, 0.15) is 10.8 Å². The van der Waals surface area contributed by atoms with Gasteiger partial charge in [-0.05, 0) is 29.5 Å². The average Bonchev–Trinajstić information content (AvgIpc) is 2.94. The van der Waals surface area contributed by atoms with Gasteiger partial charge in [0.15, 0.2) is 9.84 Å². The Bertz CT molecular complexity index is 692. The first-order valence-electron chi connectivity index (χ1n) is 5.97. The number of esters is 1. The van der Waals surface area contributed by atoms with Crippen LogP contribution in [0, 0.1) is 0 Å². The standard InChI is InChI=1S/C11H13N3O5S2/c1-6-10(19-5-8(15)18-2)9(13-14-12)7-3-4-20-11(7)21(6,16)17/h3-4,6,9-10H,5H2,1-2H3/t6-,9?,10?/m0/s1. The van der Waals surface area contributed by atoms with E-state index in [1.807, 2.05) is 0 Å². The second-order valence-electron chi connectivity index (χ2n) is 4.42. The van der Waals surface area contributed by atoms with Crippen molar-refractivity contribution in [1.29, 1.82) is 0 Å². The van der Waals surface area contributed by atoms with E-state index in [2.05, 4.69) is 14.8 Å². The molecule has 0 radical (unpaired) electrons. The number of ether oxygens (including phenoxy) is 2. The average molecular weight is 331 g/mol. The Morgan fingerprint density at radius 3 is 2.90 bits per heavy atom. The number of fused-ring (bicyclic) bond motifs is 1. The molecule has 2 rings (SSSR count). The summed E-state index contributed by atoms with van der Waals surface area (Å²) in [4.78, 5) is 13.9. The molecule has 1 aliphatic heterocycles. The number of hydrogen-bond donors (Lipinski definition) is 0. The second kappa shape index (κ2) is 6.02. The Kier molecular flexibility index (Phi) is 4.52. The van der Waals surface area contributed by atoms with Gasteiger partial charge in [-0.15, -0.1) is 11.3 Å². The number of hydrogen-bond acceptors (Lipinski definition) is 7. The first-order chi connectivity index (χ1) is 9.93. The van der Waals surface area contributed by atoms with Gasteiger partial charge in [-0.3, -0.25) is 0 Å². The first kappa shape index (κ1) is 15.8. The number of carbonyl (C=O) groups excluding carboxylic acids is 1. The summed E-state index contributed by atoms with van der Waals surface area (Å²) in [6.07, 6.45) is -0.938. The molecule has 1 aliphatic rings. The van der Waals surface area contributed by atoms with Crippen LogP contribution in [0.15, 0.2) is 20.8 Å². The number of nitrogens with zero attached hydrogens (tertiary/aromatic N) is 3. The van der Waals surface area contributed by atoms with Crippen LogP contribution >= 0.6 is 11.3 Å². The molecular weight excluding hydrogens is 318 g/mol. The molecule has 3 atom stereocenters. The smallest absolute Gasteiger partial charge is 0.331 e. The number of thiophene rings is 1. The lowest BCUT2D eigenvalue weighted by atomic mass is 10.0. The Balaban J connectivity index is 2.43. The monoisotopic (exact) mass is 331 g/mol. The molecule has 2 unspecified atom stereocenters. The Labute approximate surface area is 125 Å². The van der Waals surface area contributed by atoms with Crippen LogP contribution in [0.1, 0.15) is 18.5 Å². The summed E-state index contributed by atoms with van der Waals surface area (Å²) >= 11 is 1.08. The van der Waals surface area contributed by atoms with E-state index in [0.717, 1.165) is 11.3 Å². The van der Waals surface area contributed by atoms with Crippen LogP contribution in [-0.4, -0.2) is 39.5 Å². The van der Waals surface area contributed by atoms with Crippen LogP contribution in [0.4, 0.5) is 0 Å². The van der Waals surface area contributed by atoms with Crippen LogP contribution in [0.5, 0.6) is 0 Å². The van der Waals surface area contributed by atoms with E-state index in [0.29, 0.717) is 5.56 Å². The Morgan fingerprint density at radius 1 is 1.57 bits per heavy atom. The number of azide groups is 1. The van der Waals surface area contributed by atoms with Gasteiger partial charge in [-0.25, -0.2) is 13.2 Å². The molecule has 21 heavy (non-hydrogen) atoms. The highest BCUT2D eigenvalue weighted by molar-refractivity contribution is 7.94. The maximum Gasteiger partial charge on any atom is 0.331 e. The maximum atomic E-state index is 12.4. The SMILES string of the molecule is COC(=O)COC1C(N=[N+]=[N-])c2ccsc2S(=O)(=O)[C@H]1C. The fraction of sp³-hybridized carbons (Fsp3) is 0.545. The van der Waals surface area contributed by atoms with Crippen molar-refractivity contribution in [3.63, 3.8) is 0 Å². The molecule has 0 saturated carbocycles. The lowest BCUT2D eigenvalue weighted by Crippen LogP contribution is -2.42. The fourth-order valence-electron chi connectivity index (χ4n) is 2.17. The largest absolute Gasteiger partial charge is 0.467 e. The van der Waals surface area contributed by atoms with Gasteiger partial charge in [-0.1, -0.05) is 5.11 Å². The van der Waals surface area contributed by atoms with E-state index in [9.17, 15) is 13.2 Å². The van der Waals surface area contributed by atoms with Gasteiger partial charge in [0.2, 0.25) is 0 Å². The van der Waals surface area contributed by atoms with Gasteiger partial charge in [-0.2, -0.15) is 0 Å². The minimum absolute atomic E-state index is 0.185. The summed E-state index contributed by atoms with van der Waals surface area (Å²) < 4.78 is 34.8. The molecule has 0 aromatic carbocycles. The molecule has 0 spiro atoms. The zero-order chi connectivity index (χ0) is 15.6. The quantitative estimate of drug-likeness (QED) is 0.361. The Hall–Kier alpha value is -1.61. The van der Waals surface area contributed by atoms with Crippen molar-refractivity contribution in [2.45, 2.75) is 28.5 Å². The zero-order valence-corrected chi connectivity index (χ0v) is 12.9. The number of methoxy groups -OCH3 is 1. The third-order valence-corrected chi connectivity index (χ3v) is 7.00. The summed E-state index contributed by atoms with van der Waals surface area (Å²) in [5, 5.41) is 4.34. The molecule has 8 nitrogen and oxygen atoms in total. The van der Waals surface area contributed by atoms with Gasteiger partial charge in [0.25, 0.3) is 0 Å². The second-order valence-corrected chi connectivity index (χ2v) is 7.83.